The van der Waals surface area contributed by atoms with Crippen LogP contribution in [0.2, 0.25) is 0 Å². The summed E-state index contributed by atoms with van der Waals surface area (Å²) in [5, 5.41) is 6.23. The van der Waals surface area contributed by atoms with Gasteiger partial charge in [0.05, 0.1) is 43.9 Å². The fourth-order valence-corrected chi connectivity index (χ4v) is 4.45. The maximum Gasteiger partial charge on any atom is 0.291 e. The summed E-state index contributed by atoms with van der Waals surface area (Å²) in [6.07, 6.45) is 3.34. The number of amides is 2. The molecule has 0 atom stereocenters. The van der Waals surface area contributed by atoms with Gasteiger partial charge < -0.3 is 34.2 Å². The lowest BCUT2D eigenvalue weighted by molar-refractivity contribution is 0.0544. The first kappa shape index (κ1) is 25.7. The predicted octanol–water partition coefficient (Wildman–Crippen LogP) is 2.54. The van der Waals surface area contributed by atoms with E-state index in [0.717, 1.165) is 37.4 Å². The van der Waals surface area contributed by atoms with Gasteiger partial charge in [0.2, 0.25) is 5.88 Å². The van der Waals surface area contributed by atoms with Crippen LogP contribution in [0.5, 0.6) is 5.75 Å². The van der Waals surface area contributed by atoms with Crippen LogP contribution in [-0.2, 0) is 16.0 Å². The molecule has 11 nitrogen and oxygen atoms in total. The van der Waals surface area contributed by atoms with Crippen molar-refractivity contribution < 1.29 is 28.2 Å². The molecule has 0 saturated carbocycles. The number of benzene rings is 1. The molecule has 4 heterocycles. The Labute approximate surface area is 220 Å². The lowest BCUT2D eigenvalue weighted by atomic mass is 10.1. The van der Waals surface area contributed by atoms with Crippen LogP contribution in [0.4, 0.5) is 17.3 Å². The number of piperazine rings is 1. The van der Waals surface area contributed by atoms with Crippen LogP contribution in [-0.4, -0.2) is 76.5 Å². The number of hydrogen-bond acceptors (Lipinski definition) is 9. The molecular formula is C27H31N5O6. The summed E-state index contributed by atoms with van der Waals surface area (Å²) in [7, 11) is 1.62. The monoisotopic (exact) mass is 521 g/mol. The molecule has 200 valence electrons. The van der Waals surface area contributed by atoms with E-state index in [4.69, 9.17) is 18.6 Å². The van der Waals surface area contributed by atoms with E-state index >= 15 is 0 Å². The summed E-state index contributed by atoms with van der Waals surface area (Å²) in [5.41, 5.74) is 2.92. The minimum atomic E-state index is -0.409. The van der Waals surface area contributed by atoms with Crippen LogP contribution < -0.4 is 25.2 Å². The van der Waals surface area contributed by atoms with Gasteiger partial charge >= 0.3 is 0 Å². The molecule has 0 aliphatic carbocycles. The smallest absolute Gasteiger partial charge is 0.291 e. The molecule has 0 spiro atoms. The molecule has 38 heavy (non-hydrogen) atoms. The average molecular weight is 522 g/mol. The van der Waals surface area contributed by atoms with Crippen LogP contribution in [0.25, 0.3) is 0 Å². The van der Waals surface area contributed by atoms with Crippen LogP contribution in [0.15, 0.2) is 53.2 Å². The highest BCUT2D eigenvalue weighted by molar-refractivity contribution is 6.10. The number of carbonyl (C=O) groups excluding carboxylic acids is 2. The highest BCUT2D eigenvalue weighted by Crippen LogP contribution is 2.32. The molecule has 0 unspecified atom stereocenters. The summed E-state index contributed by atoms with van der Waals surface area (Å²) < 4.78 is 21.9. The number of ether oxygens (including phenoxy) is 3. The molecule has 5 rings (SSSR count). The van der Waals surface area contributed by atoms with E-state index in [0.29, 0.717) is 55.9 Å². The van der Waals surface area contributed by atoms with Crippen LogP contribution >= 0.6 is 0 Å². The number of nitrogens with zero attached hydrogens (tertiary/aromatic N) is 3. The molecule has 0 bridgehead atoms. The van der Waals surface area contributed by atoms with Gasteiger partial charge in [0.25, 0.3) is 11.8 Å². The van der Waals surface area contributed by atoms with Crippen molar-refractivity contribution in [3.05, 3.63) is 65.7 Å². The summed E-state index contributed by atoms with van der Waals surface area (Å²) >= 11 is 0. The van der Waals surface area contributed by atoms with Gasteiger partial charge in [-0.1, -0.05) is 6.07 Å². The van der Waals surface area contributed by atoms with Gasteiger partial charge in [-0.3, -0.25) is 19.5 Å². The Bertz CT molecular complexity index is 1270. The van der Waals surface area contributed by atoms with Gasteiger partial charge in [-0.2, -0.15) is 0 Å². The molecule has 11 heteroatoms. The molecule has 2 N–H and O–H groups in total. The van der Waals surface area contributed by atoms with Gasteiger partial charge in [0.15, 0.2) is 5.76 Å². The molecule has 1 aromatic carbocycles. The molecule has 2 aromatic heterocycles. The number of nitrogens with one attached hydrogen (secondary N) is 2. The Hall–Kier alpha value is -3.93. The average Bonchev–Trinajstić information content (AvgIpc) is 3.56. The second-order valence-electron chi connectivity index (χ2n) is 8.89. The molecule has 1 saturated heterocycles. The zero-order valence-electron chi connectivity index (χ0n) is 21.3. The number of aromatic nitrogens is 1. The molecular weight excluding hydrogens is 490 g/mol. The molecule has 1 fully saturated rings. The first-order valence-corrected chi connectivity index (χ1v) is 12.6. The van der Waals surface area contributed by atoms with E-state index in [1.165, 1.54) is 4.90 Å². The number of furan rings is 1. The SMILES string of the molecule is COCCOCCOc1ccc2c(c1)C(=O)N(c1ccc(C(=O)Nc3cnccc3N3CCNCC3)o1)C2. The van der Waals surface area contributed by atoms with Crippen molar-refractivity contribution in [2.75, 3.05) is 74.8 Å². The summed E-state index contributed by atoms with van der Waals surface area (Å²) in [6, 6.07) is 10.5. The number of hydrogen-bond donors (Lipinski definition) is 2. The van der Waals surface area contributed by atoms with E-state index in [-0.39, 0.29) is 11.7 Å². The fourth-order valence-electron chi connectivity index (χ4n) is 4.45. The lowest BCUT2D eigenvalue weighted by Gasteiger charge is -2.30. The van der Waals surface area contributed by atoms with Crippen molar-refractivity contribution in [2.45, 2.75) is 6.54 Å². The number of anilines is 3. The zero-order chi connectivity index (χ0) is 26.3. The second kappa shape index (κ2) is 12.1. The first-order valence-electron chi connectivity index (χ1n) is 12.6. The summed E-state index contributed by atoms with van der Waals surface area (Å²) in [4.78, 5) is 34.0. The van der Waals surface area contributed by atoms with Gasteiger partial charge in [0.1, 0.15) is 12.4 Å². The van der Waals surface area contributed by atoms with Gasteiger partial charge in [-0.25, -0.2) is 0 Å². The Morgan fingerprint density at radius 2 is 1.95 bits per heavy atom. The number of pyridine rings is 1. The summed E-state index contributed by atoms with van der Waals surface area (Å²) in [5.74, 6) is 0.380. The van der Waals surface area contributed by atoms with Crippen LogP contribution in [0.3, 0.4) is 0 Å². The number of carbonyl (C=O) groups is 2. The highest BCUT2D eigenvalue weighted by atomic mass is 16.5. The zero-order valence-corrected chi connectivity index (χ0v) is 21.3. The van der Waals surface area contributed by atoms with Gasteiger partial charge in [-0.15, -0.1) is 0 Å². The van der Waals surface area contributed by atoms with Crippen LogP contribution in [0, 0.1) is 0 Å². The maximum absolute atomic E-state index is 13.1. The van der Waals surface area contributed by atoms with Crippen molar-refractivity contribution in [3.63, 3.8) is 0 Å². The van der Waals surface area contributed by atoms with Crippen LogP contribution in [0.1, 0.15) is 26.5 Å². The van der Waals surface area contributed by atoms with E-state index in [1.54, 1.807) is 37.7 Å². The fraction of sp³-hybridized carbons (Fsp3) is 0.370. The Kier molecular flexibility index (Phi) is 8.17. The Morgan fingerprint density at radius 1 is 1.11 bits per heavy atom. The number of fused-ring (bicyclic) bond motifs is 1. The number of rotatable bonds is 11. The van der Waals surface area contributed by atoms with E-state index in [9.17, 15) is 9.59 Å². The van der Waals surface area contributed by atoms with Crippen molar-refractivity contribution in [1.29, 1.82) is 0 Å². The van der Waals surface area contributed by atoms with Crippen molar-refractivity contribution in [1.82, 2.24) is 10.3 Å². The third kappa shape index (κ3) is 5.80. The van der Waals surface area contributed by atoms with Crippen molar-refractivity contribution in [2.24, 2.45) is 0 Å². The second-order valence-corrected chi connectivity index (χ2v) is 8.89. The molecule has 2 aliphatic rings. The molecule has 0 radical (unpaired) electrons. The Morgan fingerprint density at radius 3 is 2.79 bits per heavy atom. The maximum atomic E-state index is 13.1. The van der Waals surface area contributed by atoms with Gasteiger partial charge in [-0.05, 0) is 29.8 Å². The van der Waals surface area contributed by atoms with E-state index in [1.807, 2.05) is 18.2 Å². The molecule has 2 aliphatic heterocycles. The minimum Gasteiger partial charge on any atom is -0.491 e. The topological polar surface area (TPSA) is 118 Å². The Balaban J connectivity index is 1.21. The van der Waals surface area contributed by atoms with E-state index < -0.39 is 5.91 Å². The normalized spacial score (nSPS) is 15.0. The predicted molar refractivity (Wildman–Crippen MR) is 141 cm³/mol. The lowest BCUT2D eigenvalue weighted by Crippen LogP contribution is -2.43. The molecule has 2 amide bonds. The summed E-state index contributed by atoms with van der Waals surface area (Å²) in [6.45, 7) is 5.59. The van der Waals surface area contributed by atoms with Crippen molar-refractivity contribution >= 4 is 29.1 Å². The minimum absolute atomic E-state index is 0.108. The highest BCUT2D eigenvalue weighted by Gasteiger charge is 2.31. The third-order valence-electron chi connectivity index (χ3n) is 6.40. The van der Waals surface area contributed by atoms with Crippen molar-refractivity contribution in [3.8, 4) is 5.75 Å². The van der Waals surface area contributed by atoms with E-state index in [2.05, 4.69) is 20.5 Å². The third-order valence-corrected chi connectivity index (χ3v) is 6.40. The number of methoxy groups -OCH3 is 1. The molecule has 3 aromatic rings. The van der Waals surface area contributed by atoms with Gasteiger partial charge in [0, 0.05) is 51.1 Å². The standard InChI is InChI=1S/C27H31N5O6/c1-35-12-13-36-14-15-37-20-3-2-19-18-32(27(34)21(19)16-20)25-5-4-24(38-25)26(33)30-22-17-29-7-6-23(22)31-10-8-28-9-11-31/h2-7,16-17,28H,8-15,18H2,1H3,(H,30,33). The first-order chi connectivity index (χ1) is 18.6. The quantitative estimate of drug-likeness (QED) is 0.367. The largest absolute Gasteiger partial charge is 0.491 e.